The Hall–Kier alpha value is -0.112. The Labute approximate surface area is 162 Å². The van der Waals surface area contributed by atoms with Crippen molar-refractivity contribution in [2.75, 3.05) is 6.79 Å². The molecule has 0 unspecified atom stereocenters. The molecule has 3 rings (SSSR count). The molecule has 1 aliphatic carbocycles. The minimum atomic E-state index is -6.65. The van der Waals surface area contributed by atoms with Crippen LogP contribution in [0.3, 0.4) is 0 Å². The molecule has 0 saturated carbocycles. The van der Waals surface area contributed by atoms with Gasteiger partial charge in [0.05, 0.1) is 0 Å². The van der Waals surface area contributed by atoms with E-state index in [1.807, 2.05) is 68.2 Å². The molecular formula is C18H26Cl2O3Si2Ti. The second-order valence-corrected chi connectivity index (χ2v) is 58.9. The molecule has 0 spiro atoms. The first-order valence-corrected chi connectivity index (χ1v) is 26.0. The van der Waals surface area contributed by atoms with Crippen LogP contribution in [-0.2, 0) is 21.3 Å². The van der Waals surface area contributed by atoms with E-state index in [9.17, 15) is 3.32 Å². The third-order valence-electron chi connectivity index (χ3n) is 4.96. The molecule has 2 aromatic carbocycles. The third kappa shape index (κ3) is 3.87. The zero-order valence-electron chi connectivity index (χ0n) is 15.9. The van der Waals surface area contributed by atoms with E-state index < -0.39 is 22.8 Å². The molecule has 0 aliphatic heterocycles. The zero-order chi connectivity index (χ0) is 19.5. The predicted octanol–water partition coefficient (Wildman–Crippen LogP) is 5.24. The molecule has 0 amide bonds. The summed E-state index contributed by atoms with van der Waals surface area (Å²) in [6, 6.07) is 15.7. The standard InChI is InChI=1S/C13H9.C4H11O2Si.CH3.2ClH.O.H3Si.Ti/c1-3-7-12-10(5-1)9-11-6-2-4-8-13(11)12;1-7(2,3)6-4-5;;;;;;/h1-9H;4H2,1-3H3;1H3;2*1H;;1H3;/q;-1;;;;;;+3/p-2. The molecule has 3 nitrogen and oxygen atoms in total. The summed E-state index contributed by atoms with van der Waals surface area (Å²) in [5.74, 6) is 0. The van der Waals surface area contributed by atoms with Crippen molar-refractivity contribution in [3.63, 3.8) is 0 Å². The molecular weight excluding hydrogens is 439 g/mol. The van der Waals surface area contributed by atoms with E-state index in [2.05, 4.69) is 0 Å². The monoisotopic (exact) mass is 464 g/mol. The second-order valence-electron chi connectivity index (χ2n) is 9.69. The van der Waals surface area contributed by atoms with Crippen molar-refractivity contribution in [1.82, 2.24) is 0 Å². The maximum absolute atomic E-state index is 14.7. The molecule has 0 bridgehead atoms. The van der Waals surface area contributed by atoms with Gasteiger partial charge < -0.3 is 0 Å². The Kier molecular flexibility index (Phi) is 4.03. The summed E-state index contributed by atoms with van der Waals surface area (Å²) >= 11 is 0. The van der Waals surface area contributed by atoms with Gasteiger partial charge in [-0.2, -0.15) is 0 Å². The van der Waals surface area contributed by atoms with Gasteiger partial charge in [-0.25, -0.2) is 0 Å². The van der Waals surface area contributed by atoms with E-state index in [1.165, 1.54) is 5.23 Å². The van der Waals surface area contributed by atoms with Crippen molar-refractivity contribution in [2.45, 2.75) is 29.1 Å². The van der Waals surface area contributed by atoms with Crippen LogP contribution in [0.15, 0.2) is 48.5 Å². The molecule has 142 valence electrons. The number of hydrogen-bond donors (Lipinski definition) is 0. The quantitative estimate of drug-likeness (QED) is 0.448. The molecule has 0 radical (unpaired) electrons. The van der Waals surface area contributed by atoms with Gasteiger partial charge in [-0.3, -0.25) is 0 Å². The molecule has 0 heterocycles. The van der Waals surface area contributed by atoms with Gasteiger partial charge in [-0.05, 0) is 0 Å². The first-order chi connectivity index (χ1) is 11.5. The minimum absolute atomic E-state index is 0.0268. The van der Waals surface area contributed by atoms with Gasteiger partial charge in [0.2, 0.25) is 0 Å². The van der Waals surface area contributed by atoms with Gasteiger partial charge in [-0.1, -0.05) is 0 Å². The van der Waals surface area contributed by atoms with Crippen molar-refractivity contribution in [1.29, 1.82) is 0 Å². The number of halogens is 2. The van der Waals surface area contributed by atoms with Crippen molar-refractivity contribution < 1.29 is 21.3 Å². The molecule has 0 atom stereocenters. The second kappa shape index (κ2) is 5.08. The van der Waals surface area contributed by atoms with Crippen molar-refractivity contribution in [3.05, 3.63) is 59.7 Å². The maximum atomic E-state index is 14.7. The molecule has 0 N–H and O–H groups in total. The summed E-state index contributed by atoms with van der Waals surface area (Å²) in [6.07, 6.45) is 0. The Bertz CT molecular complexity index is 958. The third-order valence-corrected chi connectivity index (χ3v) is 18.3. The molecule has 0 saturated heterocycles. The average Bonchev–Trinajstić information content (AvgIpc) is 2.80. The van der Waals surface area contributed by atoms with Crippen LogP contribution in [0, 0.1) is 0 Å². The van der Waals surface area contributed by atoms with Gasteiger partial charge in [0, 0.05) is 0 Å². The van der Waals surface area contributed by atoms with E-state index >= 15 is 0 Å². The Morgan fingerprint density at radius 1 is 1.00 bits per heavy atom. The van der Waals surface area contributed by atoms with E-state index in [0.29, 0.717) is 0 Å². The van der Waals surface area contributed by atoms with Crippen molar-refractivity contribution >= 4 is 35.0 Å². The predicted molar refractivity (Wildman–Crippen MR) is 112 cm³/mol. The molecule has 0 aromatic heterocycles. The number of rotatable bonds is 5. The fourth-order valence-corrected chi connectivity index (χ4v) is 15.0. The van der Waals surface area contributed by atoms with Crippen LogP contribution in [0.1, 0.15) is 15.3 Å². The van der Waals surface area contributed by atoms with Gasteiger partial charge >= 0.3 is 163 Å². The SMILES string of the molecule is C[Si](C)(C)OC[O][Ti]([CH3])(=[O])([SiH3])([Cl])([Cl])[CH]1c2ccccc2-c2ccccc21. The molecule has 26 heavy (non-hydrogen) atoms. The fourth-order valence-electron chi connectivity index (χ4n) is 3.78. The van der Waals surface area contributed by atoms with Crippen LogP contribution >= 0.6 is 18.6 Å². The average molecular weight is 465 g/mol. The topological polar surface area (TPSA) is 35.5 Å². The summed E-state index contributed by atoms with van der Waals surface area (Å²) in [5, 5.41) is 1.45. The summed E-state index contributed by atoms with van der Waals surface area (Å²) in [6.45, 7) is 5.94. The van der Waals surface area contributed by atoms with Crippen LogP contribution in [0.4, 0.5) is 0 Å². The van der Waals surface area contributed by atoms with Crippen molar-refractivity contribution in [2.24, 2.45) is 0 Å². The van der Waals surface area contributed by atoms with Gasteiger partial charge in [0.15, 0.2) is 0 Å². The summed E-state index contributed by atoms with van der Waals surface area (Å²) in [7, 11) is 5.56. The van der Waals surface area contributed by atoms with Gasteiger partial charge in [-0.15, -0.1) is 0 Å². The zero-order valence-corrected chi connectivity index (χ0v) is 22.0. The molecule has 1 aliphatic rings. The number of fused-ring (bicyclic) bond motifs is 3. The summed E-state index contributed by atoms with van der Waals surface area (Å²) < 4.78 is 25.8. The fraction of sp³-hybridized carbons (Fsp3) is 0.333. The summed E-state index contributed by atoms with van der Waals surface area (Å²) in [5.41, 5.74) is 3.72. The van der Waals surface area contributed by atoms with Crippen LogP contribution in [-0.4, -0.2) is 23.2 Å². The van der Waals surface area contributed by atoms with Crippen LogP contribution in [0.5, 0.6) is 0 Å². The number of hydrogen-bond acceptors (Lipinski definition) is 3. The first-order valence-electron chi connectivity index (χ1n) is 8.84. The normalized spacial score (nSPS) is 19.1. The number of benzene rings is 2. The Balaban J connectivity index is 2.21. The van der Waals surface area contributed by atoms with Crippen LogP contribution in [0.25, 0.3) is 11.1 Å². The molecule has 0 fully saturated rings. The van der Waals surface area contributed by atoms with E-state index in [-0.39, 0.29) is 14.9 Å². The van der Waals surface area contributed by atoms with Crippen LogP contribution in [0.2, 0.25) is 24.9 Å². The molecule has 8 heteroatoms. The van der Waals surface area contributed by atoms with Crippen LogP contribution < -0.4 is 0 Å². The molecule has 2 aromatic rings. The summed E-state index contributed by atoms with van der Waals surface area (Å²) in [4.78, 5) is 0. The Morgan fingerprint density at radius 3 is 1.85 bits per heavy atom. The van der Waals surface area contributed by atoms with Gasteiger partial charge in [0.1, 0.15) is 0 Å². The van der Waals surface area contributed by atoms with Crippen molar-refractivity contribution in [3.8, 4) is 11.1 Å². The Morgan fingerprint density at radius 2 is 1.42 bits per heavy atom. The van der Waals surface area contributed by atoms with E-state index in [4.69, 9.17) is 26.4 Å². The van der Waals surface area contributed by atoms with Gasteiger partial charge in [0.25, 0.3) is 0 Å². The first kappa shape index (κ1) is 20.6. The van der Waals surface area contributed by atoms with E-state index in [1.54, 1.807) is 0 Å². The van der Waals surface area contributed by atoms with E-state index in [0.717, 1.165) is 22.3 Å².